The summed E-state index contributed by atoms with van der Waals surface area (Å²) in [6.07, 6.45) is 6.86. The van der Waals surface area contributed by atoms with Crippen LogP contribution in [0, 0.1) is 0 Å². The maximum Gasteiger partial charge on any atom is 0.0949 e. The fourth-order valence-electron chi connectivity index (χ4n) is 3.39. The molecule has 23 heavy (non-hydrogen) atoms. The standard InChI is InChI=1S/C18H21N5/c1-13(2)22-9-7-16(11-22)18-17-6-5-15(12-23(17)21-20-18)14-4-3-8-19-10-14/h3-6,8,10,12-13,16H,7,9,11H2,1-2H3. The molecule has 1 aliphatic rings. The second-order valence-corrected chi connectivity index (χ2v) is 6.54. The molecule has 1 saturated heterocycles. The third-order valence-corrected chi connectivity index (χ3v) is 4.77. The maximum absolute atomic E-state index is 4.48. The summed E-state index contributed by atoms with van der Waals surface area (Å²) in [5.74, 6) is 0.485. The minimum Gasteiger partial charge on any atom is -0.300 e. The summed E-state index contributed by atoms with van der Waals surface area (Å²) in [5.41, 5.74) is 4.45. The summed E-state index contributed by atoms with van der Waals surface area (Å²) in [7, 11) is 0. The molecule has 0 saturated carbocycles. The lowest BCUT2D eigenvalue weighted by Gasteiger charge is -2.19. The topological polar surface area (TPSA) is 46.3 Å². The van der Waals surface area contributed by atoms with E-state index in [9.17, 15) is 0 Å². The van der Waals surface area contributed by atoms with Crippen LogP contribution in [-0.4, -0.2) is 43.8 Å². The van der Waals surface area contributed by atoms with Gasteiger partial charge in [-0.1, -0.05) is 17.3 Å². The lowest BCUT2D eigenvalue weighted by Crippen LogP contribution is -2.27. The Morgan fingerprint density at radius 3 is 2.83 bits per heavy atom. The molecule has 118 valence electrons. The smallest absolute Gasteiger partial charge is 0.0949 e. The van der Waals surface area contributed by atoms with Gasteiger partial charge in [0.05, 0.1) is 11.2 Å². The molecule has 1 fully saturated rings. The first-order valence-corrected chi connectivity index (χ1v) is 8.22. The van der Waals surface area contributed by atoms with E-state index in [2.05, 4.69) is 52.2 Å². The molecule has 0 spiro atoms. The van der Waals surface area contributed by atoms with Gasteiger partial charge in [-0.3, -0.25) is 4.98 Å². The summed E-state index contributed by atoms with van der Waals surface area (Å²) < 4.78 is 1.90. The van der Waals surface area contributed by atoms with Crippen LogP contribution in [0.3, 0.4) is 0 Å². The fourth-order valence-corrected chi connectivity index (χ4v) is 3.39. The highest BCUT2D eigenvalue weighted by Crippen LogP contribution is 2.30. The second-order valence-electron chi connectivity index (χ2n) is 6.54. The third-order valence-electron chi connectivity index (χ3n) is 4.77. The lowest BCUT2D eigenvalue weighted by atomic mass is 10.0. The van der Waals surface area contributed by atoms with Crippen molar-refractivity contribution in [3.8, 4) is 11.1 Å². The van der Waals surface area contributed by atoms with E-state index in [0.29, 0.717) is 12.0 Å². The molecule has 0 bridgehead atoms. The van der Waals surface area contributed by atoms with Gasteiger partial charge in [-0.15, -0.1) is 5.10 Å². The average Bonchev–Trinajstić information content (AvgIpc) is 3.21. The van der Waals surface area contributed by atoms with Gasteiger partial charge in [0.1, 0.15) is 0 Å². The van der Waals surface area contributed by atoms with Crippen molar-refractivity contribution < 1.29 is 0 Å². The zero-order chi connectivity index (χ0) is 15.8. The van der Waals surface area contributed by atoms with Gasteiger partial charge < -0.3 is 4.90 Å². The van der Waals surface area contributed by atoms with Crippen molar-refractivity contribution in [1.29, 1.82) is 0 Å². The molecule has 0 amide bonds. The van der Waals surface area contributed by atoms with Crippen molar-refractivity contribution >= 4 is 5.52 Å². The number of nitrogens with zero attached hydrogens (tertiary/aromatic N) is 5. The summed E-state index contributed by atoms with van der Waals surface area (Å²) >= 11 is 0. The largest absolute Gasteiger partial charge is 0.300 e. The highest BCUT2D eigenvalue weighted by molar-refractivity contribution is 5.65. The molecule has 4 heterocycles. The van der Waals surface area contributed by atoms with Crippen LogP contribution >= 0.6 is 0 Å². The molecular formula is C18H21N5. The van der Waals surface area contributed by atoms with Crippen LogP contribution in [0.2, 0.25) is 0 Å². The monoisotopic (exact) mass is 307 g/mol. The van der Waals surface area contributed by atoms with Gasteiger partial charge in [-0.2, -0.15) is 0 Å². The van der Waals surface area contributed by atoms with E-state index in [0.717, 1.165) is 41.8 Å². The zero-order valence-corrected chi connectivity index (χ0v) is 13.6. The number of rotatable bonds is 3. The molecule has 0 aliphatic carbocycles. The number of likely N-dealkylation sites (tertiary alicyclic amines) is 1. The van der Waals surface area contributed by atoms with Crippen LogP contribution in [0.5, 0.6) is 0 Å². The van der Waals surface area contributed by atoms with E-state index >= 15 is 0 Å². The van der Waals surface area contributed by atoms with Gasteiger partial charge in [0, 0.05) is 48.2 Å². The molecule has 1 atom stereocenters. The molecule has 1 aliphatic heterocycles. The van der Waals surface area contributed by atoms with Crippen molar-refractivity contribution in [1.82, 2.24) is 24.7 Å². The van der Waals surface area contributed by atoms with E-state index < -0.39 is 0 Å². The lowest BCUT2D eigenvalue weighted by molar-refractivity contribution is 0.272. The second kappa shape index (κ2) is 5.74. The number of aromatic nitrogens is 4. The minimum absolute atomic E-state index is 0.485. The summed E-state index contributed by atoms with van der Waals surface area (Å²) in [6, 6.07) is 8.87. The van der Waals surface area contributed by atoms with Crippen LogP contribution < -0.4 is 0 Å². The van der Waals surface area contributed by atoms with Crippen molar-refractivity contribution in [3.05, 3.63) is 48.5 Å². The molecule has 5 heteroatoms. The summed E-state index contributed by atoms with van der Waals surface area (Å²) in [5, 5.41) is 8.82. The van der Waals surface area contributed by atoms with E-state index in [1.165, 1.54) is 0 Å². The molecule has 4 rings (SSSR count). The molecular weight excluding hydrogens is 286 g/mol. The Balaban J connectivity index is 1.66. The fraction of sp³-hybridized carbons (Fsp3) is 0.389. The SMILES string of the molecule is CC(C)N1CCC(c2nnn3cc(-c4cccnc4)ccc23)C1. The maximum atomic E-state index is 4.48. The third kappa shape index (κ3) is 2.61. The zero-order valence-electron chi connectivity index (χ0n) is 13.6. The highest BCUT2D eigenvalue weighted by Gasteiger charge is 2.28. The molecule has 0 radical (unpaired) electrons. The van der Waals surface area contributed by atoms with Crippen LogP contribution in [0.4, 0.5) is 0 Å². The number of pyridine rings is 2. The molecule has 5 nitrogen and oxygen atoms in total. The van der Waals surface area contributed by atoms with Crippen LogP contribution in [0.15, 0.2) is 42.9 Å². The number of hydrogen-bond acceptors (Lipinski definition) is 4. The molecule has 0 aromatic carbocycles. The van der Waals surface area contributed by atoms with E-state index in [1.54, 1.807) is 6.20 Å². The van der Waals surface area contributed by atoms with Gasteiger partial charge in [-0.25, -0.2) is 4.52 Å². The molecule has 3 aromatic heterocycles. The van der Waals surface area contributed by atoms with Gasteiger partial charge in [0.25, 0.3) is 0 Å². The Morgan fingerprint density at radius 1 is 1.17 bits per heavy atom. The van der Waals surface area contributed by atoms with Crippen molar-refractivity contribution in [2.24, 2.45) is 0 Å². The Hall–Kier alpha value is -2.27. The molecule has 0 N–H and O–H groups in total. The Bertz CT molecular complexity index is 809. The van der Waals surface area contributed by atoms with Crippen molar-refractivity contribution in [2.45, 2.75) is 32.2 Å². The first-order valence-electron chi connectivity index (χ1n) is 8.22. The number of fused-ring (bicyclic) bond motifs is 1. The normalized spacial score (nSPS) is 19.0. The number of hydrogen-bond donors (Lipinski definition) is 0. The molecule has 1 unspecified atom stereocenters. The van der Waals surface area contributed by atoms with Crippen LogP contribution in [0.1, 0.15) is 31.9 Å². The average molecular weight is 307 g/mol. The van der Waals surface area contributed by atoms with E-state index in [4.69, 9.17) is 0 Å². The van der Waals surface area contributed by atoms with Crippen LogP contribution in [-0.2, 0) is 0 Å². The van der Waals surface area contributed by atoms with Crippen molar-refractivity contribution in [3.63, 3.8) is 0 Å². The van der Waals surface area contributed by atoms with Gasteiger partial charge >= 0.3 is 0 Å². The highest BCUT2D eigenvalue weighted by atomic mass is 15.4. The van der Waals surface area contributed by atoms with Gasteiger partial charge in [-0.05, 0) is 38.9 Å². The van der Waals surface area contributed by atoms with Crippen molar-refractivity contribution in [2.75, 3.05) is 13.1 Å². The predicted molar refractivity (Wildman–Crippen MR) is 90.3 cm³/mol. The Labute approximate surface area is 136 Å². The Morgan fingerprint density at radius 2 is 2.09 bits per heavy atom. The Kier molecular flexibility index (Phi) is 3.58. The quantitative estimate of drug-likeness (QED) is 0.746. The van der Waals surface area contributed by atoms with Crippen LogP contribution in [0.25, 0.3) is 16.6 Å². The molecule has 3 aromatic rings. The first-order chi connectivity index (χ1) is 11.2. The van der Waals surface area contributed by atoms with E-state index in [1.807, 2.05) is 23.0 Å². The predicted octanol–water partition coefficient (Wildman–Crippen LogP) is 2.99. The summed E-state index contributed by atoms with van der Waals surface area (Å²) in [4.78, 5) is 6.70. The van der Waals surface area contributed by atoms with Gasteiger partial charge in [0.2, 0.25) is 0 Å². The van der Waals surface area contributed by atoms with Gasteiger partial charge in [0.15, 0.2) is 0 Å². The first kappa shape index (κ1) is 14.3. The minimum atomic E-state index is 0.485. The summed E-state index contributed by atoms with van der Waals surface area (Å²) in [6.45, 7) is 6.74. The van der Waals surface area contributed by atoms with E-state index in [-0.39, 0.29) is 0 Å².